The molecular weight excluding hydrogens is 272 g/mol. The Bertz CT molecular complexity index is 506. The van der Waals surface area contributed by atoms with Crippen LogP contribution in [0.1, 0.15) is 16.8 Å². The fourth-order valence-corrected chi connectivity index (χ4v) is 2.48. The van der Waals surface area contributed by atoms with Crippen LogP contribution in [-0.4, -0.2) is 50.2 Å². The average molecular weight is 288 g/mol. The van der Waals surface area contributed by atoms with Crippen molar-refractivity contribution in [2.24, 2.45) is 0 Å². The molecule has 0 aliphatic carbocycles. The van der Waals surface area contributed by atoms with Crippen LogP contribution in [0.5, 0.6) is 0 Å². The molecule has 0 radical (unpaired) electrons. The number of aliphatic hydroxyl groups excluding tert-OH is 1. The highest BCUT2D eigenvalue weighted by molar-refractivity contribution is 7.91. The first-order chi connectivity index (χ1) is 8.97. The molecule has 0 amide bonds. The molecule has 0 fully saturated rings. The van der Waals surface area contributed by atoms with Gasteiger partial charge in [-0.1, -0.05) is 0 Å². The molecule has 6 nitrogen and oxygen atoms in total. The SMILES string of the molecule is O=C(O)c1ccc(S(=O)(=O)CCOCCCO)cc1. The first kappa shape index (κ1) is 15.6. The van der Waals surface area contributed by atoms with Crippen LogP contribution in [0.25, 0.3) is 0 Å². The molecule has 0 saturated heterocycles. The van der Waals surface area contributed by atoms with E-state index >= 15 is 0 Å². The lowest BCUT2D eigenvalue weighted by atomic mass is 10.2. The fraction of sp³-hybridized carbons (Fsp3) is 0.417. The summed E-state index contributed by atoms with van der Waals surface area (Å²) in [4.78, 5) is 10.7. The van der Waals surface area contributed by atoms with Gasteiger partial charge in [-0.2, -0.15) is 0 Å². The van der Waals surface area contributed by atoms with Crippen molar-refractivity contribution < 1.29 is 28.2 Å². The molecule has 0 aliphatic heterocycles. The second-order valence-electron chi connectivity index (χ2n) is 3.84. The zero-order chi connectivity index (χ0) is 14.3. The third-order valence-corrected chi connectivity index (χ3v) is 4.10. The molecule has 0 saturated carbocycles. The van der Waals surface area contributed by atoms with Crippen molar-refractivity contribution in [3.05, 3.63) is 29.8 Å². The summed E-state index contributed by atoms with van der Waals surface area (Å²) in [6.45, 7) is 0.358. The lowest BCUT2D eigenvalue weighted by Crippen LogP contribution is -2.13. The Morgan fingerprint density at radius 1 is 1.16 bits per heavy atom. The molecule has 0 heterocycles. The van der Waals surface area contributed by atoms with Crippen molar-refractivity contribution in [3.8, 4) is 0 Å². The van der Waals surface area contributed by atoms with Crippen molar-refractivity contribution in [2.45, 2.75) is 11.3 Å². The number of aromatic carboxylic acids is 1. The first-order valence-electron chi connectivity index (χ1n) is 5.72. The summed E-state index contributed by atoms with van der Waals surface area (Å²) in [5.41, 5.74) is 0.0399. The van der Waals surface area contributed by atoms with E-state index in [0.29, 0.717) is 13.0 Å². The maximum absolute atomic E-state index is 11.9. The molecule has 7 heteroatoms. The van der Waals surface area contributed by atoms with Gasteiger partial charge in [0, 0.05) is 13.2 Å². The van der Waals surface area contributed by atoms with Gasteiger partial charge in [-0.15, -0.1) is 0 Å². The predicted molar refractivity (Wildman–Crippen MR) is 68.0 cm³/mol. The van der Waals surface area contributed by atoms with Gasteiger partial charge in [0.2, 0.25) is 0 Å². The zero-order valence-corrected chi connectivity index (χ0v) is 11.1. The second-order valence-corrected chi connectivity index (χ2v) is 5.95. The maximum Gasteiger partial charge on any atom is 0.335 e. The summed E-state index contributed by atoms with van der Waals surface area (Å²) in [7, 11) is -3.47. The van der Waals surface area contributed by atoms with E-state index in [9.17, 15) is 13.2 Å². The molecule has 0 bridgehead atoms. The average Bonchev–Trinajstić information content (AvgIpc) is 2.38. The van der Waals surface area contributed by atoms with E-state index in [1.165, 1.54) is 24.3 Å². The van der Waals surface area contributed by atoms with E-state index in [4.69, 9.17) is 14.9 Å². The number of carboxylic acid groups (broad SMARTS) is 1. The van der Waals surface area contributed by atoms with Gasteiger partial charge in [-0.05, 0) is 30.7 Å². The maximum atomic E-state index is 11.9. The molecule has 1 rings (SSSR count). The van der Waals surface area contributed by atoms with Gasteiger partial charge in [-0.25, -0.2) is 13.2 Å². The van der Waals surface area contributed by atoms with Crippen LogP contribution in [0, 0.1) is 0 Å². The van der Waals surface area contributed by atoms with Crippen LogP contribution >= 0.6 is 0 Å². The smallest absolute Gasteiger partial charge is 0.335 e. The molecule has 0 unspecified atom stereocenters. The summed E-state index contributed by atoms with van der Waals surface area (Å²) >= 11 is 0. The van der Waals surface area contributed by atoms with Gasteiger partial charge < -0.3 is 14.9 Å². The monoisotopic (exact) mass is 288 g/mol. The lowest BCUT2D eigenvalue weighted by molar-refractivity contribution is 0.0696. The van der Waals surface area contributed by atoms with E-state index in [1.807, 2.05) is 0 Å². The number of sulfone groups is 1. The summed E-state index contributed by atoms with van der Waals surface area (Å²) in [5.74, 6) is -1.28. The van der Waals surface area contributed by atoms with Crippen LogP contribution in [0.15, 0.2) is 29.2 Å². The zero-order valence-electron chi connectivity index (χ0n) is 10.3. The van der Waals surface area contributed by atoms with Crippen molar-refractivity contribution in [1.82, 2.24) is 0 Å². The summed E-state index contributed by atoms with van der Waals surface area (Å²) < 4.78 is 28.8. The van der Waals surface area contributed by atoms with E-state index in [-0.39, 0.29) is 29.4 Å². The highest BCUT2D eigenvalue weighted by Crippen LogP contribution is 2.12. The largest absolute Gasteiger partial charge is 0.478 e. The van der Waals surface area contributed by atoms with Crippen molar-refractivity contribution in [1.29, 1.82) is 0 Å². The number of hydrogen-bond donors (Lipinski definition) is 2. The molecule has 0 aromatic heterocycles. The number of carboxylic acids is 1. The molecule has 19 heavy (non-hydrogen) atoms. The van der Waals surface area contributed by atoms with Crippen LogP contribution in [-0.2, 0) is 14.6 Å². The lowest BCUT2D eigenvalue weighted by Gasteiger charge is -2.05. The predicted octanol–water partition coefficient (Wildman–Crippen LogP) is 0.558. The van der Waals surface area contributed by atoms with Gasteiger partial charge >= 0.3 is 5.97 Å². The minimum absolute atomic E-state index is 0.00337. The minimum atomic E-state index is -3.47. The second kappa shape index (κ2) is 7.22. The highest BCUT2D eigenvalue weighted by atomic mass is 32.2. The quantitative estimate of drug-likeness (QED) is 0.678. The molecule has 2 N–H and O–H groups in total. The number of ether oxygens (including phenoxy) is 1. The number of benzene rings is 1. The summed E-state index contributed by atoms with van der Waals surface area (Å²) in [6.07, 6.45) is 0.466. The normalized spacial score (nSPS) is 11.4. The molecular formula is C12H16O6S. The molecule has 106 valence electrons. The third kappa shape index (κ3) is 4.98. The summed E-state index contributed by atoms with van der Waals surface area (Å²) in [5, 5.41) is 17.2. The molecule has 0 atom stereocenters. The van der Waals surface area contributed by atoms with Gasteiger partial charge in [0.1, 0.15) is 0 Å². The Labute approximate surface area is 111 Å². The minimum Gasteiger partial charge on any atom is -0.478 e. The van der Waals surface area contributed by atoms with E-state index in [0.717, 1.165) is 0 Å². The van der Waals surface area contributed by atoms with Crippen LogP contribution in [0.4, 0.5) is 0 Å². The van der Waals surface area contributed by atoms with Crippen LogP contribution in [0.2, 0.25) is 0 Å². The Morgan fingerprint density at radius 3 is 2.32 bits per heavy atom. The Balaban J connectivity index is 2.59. The van der Waals surface area contributed by atoms with E-state index in [2.05, 4.69) is 0 Å². The number of rotatable bonds is 8. The number of carbonyl (C=O) groups is 1. The number of aliphatic hydroxyl groups is 1. The van der Waals surface area contributed by atoms with Crippen molar-refractivity contribution in [3.63, 3.8) is 0 Å². The standard InChI is InChI=1S/C12H16O6S/c13-6-1-7-18-8-9-19(16,17)11-4-2-10(3-5-11)12(14)15/h2-5,13H,1,6-9H2,(H,14,15). The van der Waals surface area contributed by atoms with Gasteiger partial charge in [-0.3, -0.25) is 0 Å². The Kier molecular flexibility index (Phi) is 5.94. The first-order valence-corrected chi connectivity index (χ1v) is 7.37. The molecule has 0 aliphatic rings. The highest BCUT2D eigenvalue weighted by Gasteiger charge is 2.14. The third-order valence-electron chi connectivity index (χ3n) is 2.40. The number of hydrogen-bond acceptors (Lipinski definition) is 5. The molecule has 0 spiro atoms. The molecule has 1 aromatic carbocycles. The summed E-state index contributed by atoms with van der Waals surface area (Å²) in [6, 6.07) is 5.04. The van der Waals surface area contributed by atoms with Gasteiger partial charge in [0.25, 0.3) is 0 Å². The molecule has 1 aromatic rings. The van der Waals surface area contributed by atoms with E-state index < -0.39 is 15.8 Å². The van der Waals surface area contributed by atoms with Crippen molar-refractivity contribution >= 4 is 15.8 Å². The van der Waals surface area contributed by atoms with Crippen molar-refractivity contribution in [2.75, 3.05) is 25.6 Å². The van der Waals surface area contributed by atoms with Crippen LogP contribution < -0.4 is 0 Å². The van der Waals surface area contributed by atoms with Crippen LogP contribution in [0.3, 0.4) is 0 Å². The fourth-order valence-electron chi connectivity index (χ4n) is 1.36. The Morgan fingerprint density at radius 2 is 1.79 bits per heavy atom. The van der Waals surface area contributed by atoms with Gasteiger partial charge in [0.15, 0.2) is 9.84 Å². The topological polar surface area (TPSA) is 101 Å². The van der Waals surface area contributed by atoms with E-state index in [1.54, 1.807) is 0 Å². The Hall–Kier alpha value is -1.44. The van der Waals surface area contributed by atoms with Gasteiger partial charge in [0.05, 0.1) is 22.8 Å².